The van der Waals surface area contributed by atoms with Crippen LogP contribution in [0.25, 0.3) is 0 Å². The zero-order chi connectivity index (χ0) is 15.9. The Labute approximate surface area is 132 Å². The van der Waals surface area contributed by atoms with Crippen LogP contribution in [0.15, 0.2) is 54.6 Å². The van der Waals surface area contributed by atoms with Crippen molar-refractivity contribution in [1.29, 1.82) is 0 Å². The van der Waals surface area contributed by atoms with E-state index in [1.165, 1.54) is 0 Å². The highest BCUT2D eigenvalue weighted by atomic mass is 35.5. The first-order valence-corrected chi connectivity index (χ1v) is 7.00. The summed E-state index contributed by atoms with van der Waals surface area (Å²) in [7, 11) is 0. The second-order valence-electron chi connectivity index (χ2n) is 4.62. The molecular weight excluding hydrogens is 304 g/mol. The molecule has 0 aliphatic heterocycles. The van der Waals surface area contributed by atoms with Crippen molar-refractivity contribution in [3.63, 3.8) is 0 Å². The lowest BCUT2D eigenvalue weighted by atomic mass is 9.99. The zero-order valence-corrected chi connectivity index (χ0v) is 12.4. The van der Waals surface area contributed by atoms with E-state index < -0.39 is 12.0 Å². The molecule has 0 radical (unpaired) electrons. The Hall–Kier alpha value is -2.53. The molecule has 1 atom stereocenters. The molecule has 0 saturated heterocycles. The van der Waals surface area contributed by atoms with Crippen LogP contribution in [0.3, 0.4) is 0 Å². The summed E-state index contributed by atoms with van der Waals surface area (Å²) in [5.41, 5.74) is 1.76. The molecule has 0 fully saturated rings. The summed E-state index contributed by atoms with van der Waals surface area (Å²) in [6, 6.07) is 16.2. The van der Waals surface area contributed by atoms with Gasteiger partial charge in [-0.2, -0.15) is 0 Å². The molecule has 2 aromatic rings. The predicted molar refractivity (Wildman–Crippen MR) is 83.9 cm³/mol. The Bertz CT molecular complexity index is 644. The summed E-state index contributed by atoms with van der Waals surface area (Å²) in [5.74, 6) is -0.411. The van der Waals surface area contributed by atoms with E-state index in [2.05, 4.69) is 5.32 Å². The first-order valence-electron chi connectivity index (χ1n) is 6.63. The minimum Gasteiger partial charge on any atom is -0.465 e. The quantitative estimate of drug-likeness (QED) is 0.793. The third kappa shape index (κ3) is 4.49. The maximum absolute atomic E-state index is 11.9. The van der Waals surface area contributed by atoms with Gasteiger partial charge < -0.3 is 15.7 Å². The Balaban J connectivity index is 2.21. The van der Waals surface area contributed by atoms with Crippen LogP contribution in [0.4, 0.5) is 4.79 Å². The Morgan fingerprint density at radius 3 is 2.18 bits per heavy atom. The molecule has 0 aromatic heterocycles. The first kappa shape index (κ1) is 15.9. The van der Waals surface area contributed by atoms with Crippen molar-refractivity contribution < 1.29 is 14.7 Å². The number of carboxylic acid groups (broad SMARTS) is 1. The van der Waals surface area contributed by atoms with Gasteiger partial charge in [-0.1, -0.05) is 54.1 Å². The highest BCUT2D eigenvalue weighted by Crippen LogP contribution is 2.23. The molecule has 0 bridgehead atoms. The van der Waals surface area contributed by atoms with Crippen LogP contribution in [0.5, 0.6) is 0 Å². The molecule has 22 heavy (non-hydrogen) atoms. The van der Waals surface area contributed by atoms with Crippen molar-refractivity contribution in [2.24, 2.45) is 0 Å². The second-order valence-corrected chi connectivity index (χ2v) is 5.06. The van der Waals surface area contributed by atoms with Gasteiger partial charge in [0.2, 0.25) is 5.91 Å². The standard InChI is InChI=1S/C16H15ClN2O3/c17-13-8-6-12(7-9-13)15(11-4-2-1-3-5-11)19-14(20)10-18-16(21)22/h1-9,15,18H,10H2,(H,19,20)(H,21,22). The average Bonchev–Trinajstić information content (AvgIpc) is 2.52. The van der Waals surface area contributed by atoms with Crippen molar-refractivity contribution in [2.75, 3.05) is 6.54 Å². The molecule has 0 aliphatic rings. The van der Waals surface area contributed by atoms with Gasteiger partial charge in [-0.15, -0.1) is 0 Å². The maximum atomic E-state index is 11.9. The molecule has 2 rings (SSSR count). The van der Waals surface area contributed by atoms with E-state index >= 15 is 0 Å². The summed E-state index contributed by atoms with van der Waals surface area (Å²) in [6.07, 6.45) is -1.24. The average molecular weight is 319 g/mol. The Morgan fingerprint density at radius 1 is 1.00 bits per heavy atom. The first-order chi connectivity index (χ1) is 10.6. The number of nitrogens with one attached hydrogen (secondary N) is 2. The minimum atomic E-state index is -1.24. The largest absolute Gasteiger partial charge is 0.465 e. The molecule has 0 spiro atoms. The number of halogens is 1. The highest BCUT2D eigenvalue weighted by molar-refractivity contribution is 6.30. The van der Waals surface area contributed by atoms with Gasteiger partial charge in [0, 0.05) is 5.02 Å². The maximum Gasteiger partial charge on any atom is 0.405 e. The molecule has 0 aliphatic carbocycles. The van der Waals surface area contributed by atoms with Gasteiger partial charge in [-0.25, -0.2) is 4.79 Å². The molecular formula is C16H15ClN2O3. The lowest BCUT2D eigenvalue weighted by molar-refractivity contribution is -0.120. The number of benzene rings is 2. The monoisotopic (exact) mass is 318 g/mol. The molecule has 0 saturated carbocycles. The normalized spacial score (nSPS) is 11.5. The van der Waals surface area contributed by atoms with Crippen LogP contribution in [-0.4, -0.2) is 23.7 Å². The summed E-state index contributed by atoms with van der Waals surface area (Å²) in [6.45, 7) is -0.299. The number of carbonyl (C=O) groups is 2. The van der Waals surface area contributed by atoms with Crippen molar-refractivity contribution in [3.05, 3.63) is 70.7 Å². The summed E-state index contributed by atoms with van der Waals surface area (Å²) >= 11 is 5.89. The summed E-state index contributed by atoms with van der Waals surface area (Å²) in [5, 5.41) is 14.0. The summed E-state index contributed by atoms with van der Waals surface area (Å²) < 4.78 is 0. The molecule has 5 nitrogen and oxygen atoms in total. The number of rotatable bonds is 5. The molecule has 2 amide bonds. The number of carbonyl (C=O) groups excluding carboxylic acids is 1. The minimum absolute atomic E-state index is 0.299. The van der Waals surface area contributed by atoms with E-state index in [-0.39, 0.29) is 12.6 Å². The SMILES string of the molecule is O=C(O)NCC(=O)NC(c1ccccc1)c1ccc(Cl)cc1. The molecule has 114 valence electrons. The second kappa shape index (κ2) is 7.47. The van der Waals surface area contributed by atoms with Gasteiger partial charge in [0.25, 0.3) is 0 Å². The molecule has 2 aromatic carbocycles. The van der Waals surface area contributed by atoms with E-state index in [4.69, 9.17) is 16.7 Å². The van der Waals surface area contributed by atoms with Crippen LogP contribution >= 0.6 is 11.6 Å². The molecule has 3 N–H and O–H groups in total. The third-order valence-electron chi connectivity index (χ3n) is 3.04. The summed E-state index contributed by atoms with van der Waals surface area (Å²) in [4.78, 5) is 22.4. The molecule has 6 heteroatoms. The number of hydrogen-bond donors (Lipinski definition) is 3. The van der Waals surface area contributed by atoms with Crippen molar-refractivity contribution >= 4 is 23.6 Å². The van der Waals surface area contributed by atoms with E-state index in [0.29, 0.717) is 5.02 Å². The van der Waals surface area contributed by atoms with Gasteiger partial charge in [0.15, 0.2) is 0 Å². The van der Waals surface area contributed by atoms with Gasteiger partial charge in [-0.3, -0.25) is 4.79 Å². The van der Waals surface area contributed by atoms with E-state index in [1.807, 2.05) is 47.8 Å². The smallest absolute Gasteiger partial charge is 0.405 e. The highest BCUT2D eigenvalue weighted by Gasteiger charge is 2.16. The van der Waals surface area contributed by atoms with E-state index in [0.717, 1.165) is 11.1 Å². The topological polar surface area (TPSA) is 78.4 Å². The fraction of sp³-hybridized carbons (Fsp3) is 0.125. The van der Waals surface area contributed by atoms with Crippen LogP contribution in [0.1, 0.15) is 17.2 Å². The van der Waals surface area contributed by atoms with Crippen molar-refractivity contribution in [3.8, 4) is 0 Å². The molecule has 1 unspecified atom stereocenters. The van der Waals surface area contributed by atoms with Gasteiger partial charge in [0.05, 0.1) is 6.04 Å². The lowest BCUT2D eigenvalue weighted by Crippen LogP contribution is -2.38. The lowest BCUT2D eigenvalue weighted by Gasteiger charge is -2.20. The zero-order valence-electron chi connectivity index (χ0n) is 11.6. The van der Waals surface area contributed by atoms with Crippen molar-refractivity contribution in [2.45, 2.75) is 6.04 Å². The van der Waals surface area contributed by atoms with Crippen LogP contribution < -0.4 is 10.6 Å². The fourth-order valence-corrected chi connectivity index (χ4v) is 2.15. The van der Waals surface area contributed by atoms with Crippen LogP contribution in [0.2, 0.25) is 5.02 Å². The van der Waals surface area contributed by atoms with Crippen molar-refractivity contribution in [1.82, 2.24) is 10.6 Å². The fourth-order valence-electron chi connectivity index (χ4n) is 2.03. The number of hydrogen-bond acceptors (Lipinski definition) is 2. The van der Waals surface area contributed by atoms with E-state index in [9.17, 15) is 9.59 Å². The predicted octanol–water partition coefficient (Wildman–Crippen LogP) is 2.81. The number of amides is 2. The van der Waals surface area contributed by atoms with Crippen LogP contribution in [0, 0.1) is 0 Å². The Kier molecular flexibility index (Phi) is 5.38. The van der Waals surface area contributed by atoms with Crippen LogP contribution in [-0.2, 0) is 4.79 Å². The van der Waals surface area contributed by atoms with Gasteiger partial charge >= 0.3 is 6.09 Å². The van der Waals surface area contributed by atoms with E-state index in [1.54, 1.807) is 12.1 Å². The molecule has 0 heterocycles. The van der Waals surface area contributed by atoms with Gasteiger partial charge in [0.1, 0.15) is 6.54 Å². The Morgan fingerprint density at radius 2 is 1.59 bits per heavy atom. The van der Waals surface area contributed by atoms with Gasteiger partial charge in [-0.05, 0) is 23.3 Å². The third-order valence-corrected chi connectivity index (χ3v) is 3.29.